The molecule has 0 radical (unpaired) electrons. The molecule has 19 heavy (non-hydrogen) atoms. The minimum atomic E-state index is 0.290. The smallest absolute Gasteiger partial charge is 0.231 e. The Labute approximate surface area is 111 Å². The molecule has 0 saturated carbocycles. The second kappa shape index (κ2) is 4.68. The Morgan fingerprint density at radius 3 is 2.95 bits per heavy atom. The van der Waals surface area contributed by atoms with E-state index < -0.39 is 0 Å². The Morgan fingerprint density at radius 2 is 2.11 bits per heavy atom. The zero-order chi connectivity index (χ0) is 13.2. The number of rotatable bonds is 3. The number of pyridine rings is 1. The van der Waals surface area contributed by atoms with Crippen LogP contribution in [0.15, 0.2) is 30.5 Å². The standard InChI is InChI=1S/C14H15N3O2/c1-9-4-11(15)14(16-6-9)17-7-10-2-3-12-13(5-10)19-8-18-12/h2-6H,7-8,15H2,1H3,(H,16,17). The molecule has 1 aliphatic heterocycles. The fraction of sp³-hybridized carbons (Fsp3) is 0.214. The summed E-state index contributed by atoms with van der Waals surface area (Å²) in [6.07, 6.45) is 1.79. The molecule has 0 fully saturated rings. The van der Waals surface area contributed by atoms with Gasteiger partial charge in [-0.05, 0) is 36.2 Å². The summed E-state index contributed by atoms with van der Waals surface area (Å²) in [4.78, 5) is 4.27. The largest absolute Gasteiger partial charge is 0.454 e. The van der Waals surface area contributed by atoms with Gasteiger partial charge in [-0.3, -0.25) is 0 Å². The molecule has 0 unspecified atom stereocenters. The van der Waals surface area contributed by atoms with Crippen LogP contribution in [-0.4, -0.2) is 11.8 Å². The van der Waals surface area contributed by atoms with E-state index in [0.29, 0.717) is 24.8 Å². The third-order valence-corrected chi connectivity index (χ3v) is 2.95. The van der Waals surface area contributed by atoms with E-state index >= 15 is 0 Å². The molecule has 1 aromatic heterocycles. The van der Waals surface area contributed by atoms with Crippen molar-refractivity contribution in [1.82, 2.24) is 4.98 Å². The van der Waals surface area contributed by atoms with Crippen molar-refractivity contribution in [3.05, 3.63) is 41.6 Å². The van der Waals surface area contributed by atoms with Crippen LogP contribution in [0.2, 0.25) is 0 Å². The Balaban J connectivity index is 1.72. The zero-order valence-electron chi connectivity index (χ0n) is 10.6. The molecule has 2 heterocycles. The number of nitrogens with two attached hydrogens (primary N) is 1. The van der Waals surface area contributed by atoms with Gasteiger partial charge in [0.05, 0.1) is 5.69 Å². The SMILES string of the molecule is Cc1cnc(NCc2ccc3c(c2)OCO3)c(N)c1. The van der Waals surface area contributed by atoms with Crippen LogP contribution in [0.1, 0.15) is 11.1 Å². The lowest BCUT2D eigenvalue weighted by Crippen LogP contribution is -2.04. The van der Waals surface area contributed by atoms with E-state index in [2.05, 4.69) is 10.3 Å². The van der Waals surface area contributed by atoms with Crippen molar-refractivity contribution in [1.29, 1.82) is 0 Å². The summed E-state index contributed by atoms with van der Waals surface area (Å²) >= 11 is 0. The third kappa shape index (κ3) is 2.40. The number of ether oxygens (including phenoxy) is 2. The third-order valence-electron chi connectivity index (χ3n) is 2.95. The number of hydrogen-bond donors (Lipinski definition) is 2. The molecular weight excluding hydrogens is 242 g/mol. The molecule has 0 amide bonds. The Hall–Kier alpha value is -2.43. The molecule has 98 valence electrons. The van der Waals surface area contributed by atoms with E-state index in [9.17, 15) is 0 Å². The molecule has 3 N–H and O–H groups in total. The molecule has 2 aromatic rings. The number of hydrogen-bond acceptors (Lipinski definition) is 5. The molecule has 3 rings (SSSR count). The highest BCUT2D eigenvalue weighted by atomic mass is 16.7. The minimum absolute atomic E-state index is 0.290. The molecule has 1 aliphatic rings. The summed E-state index contributed by atoms with van der Waals surface area (Å²) in [6, 6.07) is 7.75. The molecule has 0 spiro atoms. The van der Waals surface area contributed by atoms with E-state index in [0.717, 1.165) is 22.6 Å². The van der Waals surface area contributed by atoms with E-state index in [1.165, 1.54) is 0 Å². The van der Waals surface area contributed by atoms with E-state index in [-0.39, 0.29) is 0 Å². The first kappa shape index (κ1) is 11.6. The average Bonchev–Trinajstić information content (AvgIpc) is 2.85. The van der Waals surface area contributed by atoms with Gasteiger partial charge < -0.3 is 20.5 Å². The Morgan fingerprint density at radius 1 is 1.26 bits per heavy atom. The highest BCUT2D eigenvalue weighted by Crippen LogP contribution is 2.32. The van der Waals surface area contributed by atoms with Gasteiger partial charge in [-0.15, -0.1) is 0 Å². The summed E-state index contributed by atoms with van der Waals surface area (Å²) in [5.41, 5.74) is 8.70. The molecule has 1 aromatic carbocycles. The van der Waals surface area contributed by atoms with Crippen LogP contribution in [0, 0.1) is 6.92 Å². The summed E-state index contributed by atoms with van der Waals surface area (Å²) in [7, 11) is 0. The van der Waals surface area contributed by atoms with Crippen molar-refractivity contribution in [2.45, 2.75) is 13.5 Å². The number of nitrogens with zero attached hydrogens (tertiary/aromatic N) is 1. The van der Waals surface area contributed by atoms with Gasteiger partial charge in [0, 0.05) is 12.7 Å². The number of nitrogen functional groups attached to an aromatic ring is 1. The van der Waals surface area contributed by atoms with Gasteiger partial charge in [0.2, 0.25) is 6.79 Å². The second-order valence-corrected chi connectivity index (χ2v) is 4.49. The van der Waals surface area contributed by atoms with Gasteiger partial charge in [-0.25, -0.2) is 4.98 Å². The number of aryl methyl sites for hydroxylation is 1. The van der Waals surface area contributed by atoms with Crippen LogP contribution in [0.3, 0.4) is 0 Å². The lowest BCUT2D eigenvalue weighted by molar-refractivity contribution is 0.174. The van der Waals surface area contributed by atoms with Gasteiger partial charge >= 0.3 is 0 Å². The topological polar surface area (TPSA) is 69.4 Å². The fourth-order valence-electron chi connectivity index (χ4n) is 1.98. The number of nitrogens with one attached hydrogen (secondary N) is 1. The predicted molar refractivity (Wildman–Crippen MR) is 73.3 cm³/mol. The van der Waals surface area contributed by atoms with Crippen LogP contribution < -0.4 is 20.5 Å². The lowest BCUT2D eigenvalue weighted by atomic mass is 10.2. The summed E-state index contributed by atoms with van der Waals surface area (Å²) < 4.78 is 10.6. The lowest BCUT2D eigenvalue weighted by Gasteiger charge is -2.09. The first-order valence-electron chi connectivity index (χ1n) is 6.07. The molecular formula is C14H15N3O2. The maximum absolute atomic E-state index is 5.91. The second-order valence-electron chi connectivity index (χ2n) is 4.49. The first-order chi connectivity index (χ1) is 9.22. The van der Waals surface area contributed by atoms with Crippen molar-refractivity contribution < 1.29 is 9.47 Å². The van der Waals surface area contributed by atoms with Crippen LogP contribution in [-0.2, 0) is 6.54 Å². The van der Waals surface area contributed by atoms with Crippen molar-refractivity contribution in [3.63, 3.8) is 0 Å². The van der Waals surface area contributed by atoms with Gasteiger partial charge in [-0.1, -0.05) is 6.07 Å². The van der Waals surface area contributed by atoms with Crippen molar-refractivity contribution >= 4 is 11.5 Å². The van der Waals surface area contributed by atoms with Crippen molar-refractivity contribution in [2.24, 2.45) is 0 Å². The van der Waals surface area contributed by atoms with Crippen LogP contribution in [0.25, 0.3) is 0 Å². The van der Waals surface area contributed by atoms with Gasteiger partial charge in [-0.2, -0.15) is 0 Å². The fourth-order valence-corrected chi connectivity index (χ4v) is 1.98. The van der Waals surface area contributed by atoms with E-state index in [1.807, 2.05) is 31.2 Å². The van der Waals surface area contributed by atoms with E-state index in [4.69, 9.17) is 15.2 Å². The number of benzene rings is 1. The Kier molecular flexibility index (Phi) is 2.87. The monoisotopic (exact) mass is 257 g/mol. The van der Waals surface area contributed by atoms with Gasteiger partial charge in [0.25, 0.3) is 0 Å². The van der Waals surface area contributed by atoms with Crippen LogP contribution in [0.4, 0.5) is 11.5 Å². The molecule has 0 bridgehead atoms. The predicted octanol–water partition coefficient (Wildman–Crippen LogP) is 2.31. The average molecular weight is 257 g/mol. The molecule has 5 heteroatoms. The summed E-state index contributed by atoms with van der Waals surface area (Å²) in [5.74, 6) is 2.27. The maximum Gasteiger partial charge on any atom is 0.231 e. The van der Waals surface area contributed by atoms with Crippen LogP contribution in [0.5, 0.6) is 11.5 Å². The maximum atomic E-state index is 5.91. The first-order valence-corrected chi connectivity index (χ1v) is 6.07. The quantitative estimate of drug-likeness (QED) is 0.883. The molecule has 0 atom stereocenters. The van der Waals surface area contributed by atoms with Crippen molar-refractivity contribution in [2.75, 3.05) is 17.8 Å². The van der Waals surface area contributed by atoms with Gasteiger partial charge in [0.1, 0.15) is 5.82 Å². The van der Waals surface area contributed by atoms with Gasteiger partial charge in [0.15, 0.2) is 11.5 Å². The van der Waals surface area contributed by atoms with E-state index in [1.54, 1.807) is 6.20 Å². The summed E-state index contributed by atoms with van der Waals surface area (Å²) in [6.45, 7) is 2.89. The number of aromatic nitrogens is 1. The zero-order valence-corrected chi connectivity index (χ0v) is 10.6. The molecule has 0 aliphatic carbocycles. The summed E-state index contributed by atoms with van der Waals surface area (Å²) in [5, 5.41) is 3.22. The van der Waals surface area contributed by atoms with Crippen LogP contribution >= 0.6 is 0 Å². The number of anilines is 2. The Bertz CT molecular complexity index is 614. The highest BCUT2D eigenvalue weighted by molar-refractivity contribution is 5.61. The normalized spacial score (nSPS) is 12.5. The highest BCUT2D eigenvalue weighted by Gasteiger charge is 2.13. The number of fused-ring (bicyclic) bond motifs is 1. The molecule has 0 saturated heterocycles. The molecule has 5 nitrogen and oxygen atoms in total. The van der Waals surface area contributed by atoms with Crippen molar-refractivity contribution in [3.8, 4) is 11.5 Å². The minimum Gasteiger partial charge on any atom is -0.454 e.